The molecule has 3 nitrogen and oxygen atoms in total. The van der Waals surface area contributed by atoms with E-state index in [1.54, 1.807) is 7.11 Å². The monoisotopic (exact) mass is 262 g/mol. The average molecular weight is 262 g/mol. The number of likely N-dealkylation sites (tertiary alicyclic amines) is 1. The third kappa shape index (κ3) is 3.78. The van der Waals surface area contributed by atoms with Gasteiger partial charge in [-0.05, 0) is 36.4 Å². The van der Waals surface area contributed by atoms with E-state index in [0.29, 0.717) is 12.6 Å². The molecule has 1 saturated heterocycles. The fourth-order valence-electron chi connectivity index (χ4n) is 2.98. The van der Waals surface area contributed by atoms with Crippen LogP contribution in [0.2, 0.25) is 0 Å². The van der Waals surface area contributed by atoms with Gasteiger partial charge < -0.3 is 10.5 Å². The summed E-state index contributed by atoms with van der Waals surface area (Å²) in [4.78, 5) is 2.54. The van der Waals surface area contributed by atoms with E-state index < -0.39 is 0 Å². The molecule has 0 amide bonds. The highest BCUT2D eigenvalue weighted by Gasteiger charge is 2.25. The Morgan fingerprint density at radius 2 is 2.05 bits per heavy atom. The van der Waals surface area contributed by atoms with Gasteiger partial charge in [0, 0.05) is 26.2 Å². The zero-order valence-corrected chi connectivity index (χ0v) is 12.1. The second-order valence-electron chi connectivity index (χ2n) is 5.69. The molecule has 1 aliphatic rings. The van der Waals surface area contributed by atoms with Crippen molar-refractivity contribution in [2.45, 2.75) is 39.0 Å². The fourth-order valence-corrected chi connectivity index (χ4v) is 2.98. The van der Waals surface area contributed by atoms with E-state index in [-0.39, 0.29) is 0 Å². The Hall–Kier alpha value is -0.900. The molecule has 19 heavy (non-hydrogen) atoms. The third-order valence-corrected chi connectivity index (χ3v) is 4.16. The van der Waals surface area contributed by atoms with Gasteiger partial charge in [-0.3, -0.25) is 4.90 Å². The van der Waals surface area contributed by atoms with Gasteiger partial charge in [-0.15, -0.1) is 0 Å². The number of hydrogen-bond donors (Lipinski definition) is 1. The number of piperidine rings is 1. The van der Waals surface area contributed by atoms with Crippen molar-refractivity contribution in [3.63, 3.8) is 0 Å². The molecule has 0 aliphatic carbocycles. The van der Waals surface area contributed by atoms with Gasteiger partial charge >= 0.3 is 0 Å². The molecule has 0 saturated carbocycles. The molecule has 1 aromatic rings. The van der Waals surface area contributed by atoms with E-state index in [4.69, 9.17) is 10.5 Å². The number of rotatable bonds is 5. The highest BCUT2D eigenvalue weighted by atomic mass is 16.5. The zero-order valence-electron chi connectivity index (χ0n) is 12.1. The lowest BCUT2D eigenvalue weighted by Crippen LogP contribution is -2.45. The number of benzene rings is 1. The molecule has 3 heteroatoms. The van der Waals surface area contributed by atoms with Gasteiger partial charge in [-0.1, -0.05) is 31.2 Å². The summed E-state index contributed by atoms with van der Waals surface area (Å²) in [6.07, 6.45) is 2.51. The van der Waals surface area contributed by atoms with Crippen molar-refractivity contribution in [2.75, 3.05) is 20.2 Å². The minimum Gasteiger partial charge on any atom is -0.380 e. The third-order valence-electron chi connectivity index (χ3n) is 4.16. The van der Waals surface area contributed by atoms with E-state index in [2.05, 4.69) is 36.1 Å². The van der Waals surface area contributed by atoms with E-state index in [0.717, 1.165) is 25.6 Å². The summed E-state index contributed by atoms with van der Waals surface area (Å²) < 4.78 is 5.28. The van der Waals surface area contributed by atoms with Crippen LogP contribution in [0.15, 0.2) is 24.3 Å². The first-order valence-electron chi connectivity index (χ1n) is 7.24. The number of nitrogens with zero attached hydrogens (tertiary/aromatic N) is 1. The van der Waals surface area contributed by atoms with Crippen molar-refractivity contribution in [3.8, 4) is 0 Å². The van der Waals surface area contributed by atoms with Gasteiger partial charge in [0.1, 0.15) is 0 Å². The summed E-state index contributed by atoms with van der Waals surface area (Å²) in [6.45, 7) is 5.93. The predicted molar refractivity (Wildman–Crippen MR) is 78.8 cm³/mol. The van der Waals surface area contributed by atoms with Crippen LogP contribution in [0.3, 0.4) is 0 Å². The van der Waals surface area contributed by atoms with Crippen molar-refractivity contribution in [2.24, 2.45) is 11.7 Å². The maximum atomic E-state index is 5.94. The summed E-state index contributed by atoms with van der Waals surface area (Å²) in [5.74, 6) is 0.805. The van der Waals surface area contributed by atoms with Gasteiger partial charge in [0.15, 0.2) is 0 Å². The van der Waals surface area contributed by atoms with Crippen LogP contribution >= 0.6 is 0 Å². The van der Waals surface area contributed by atoms with Gasteiger partial charge in [0.25, 0.3) is 0 Å². The molecule has 0 aromatic heterocycles. The smallest absolute Gasteiger partial charge is 0.0716 e. The van der Waals surface area contributed by atoms with Gasteiger partial charge in [0.2, 0.25) is 0 Å². The maximum absolute atomic E-state index is 5.94. The predicted octanol–water partition coefficient (Wildman–Crippen LogP) is 2.39. The van der Waals surface area contributed by atoms with Gasteiger partial charge in [-0.2, -0.15) is 0 Å². The molecule has 1 aliphatic heterocycles. The maximum Gasteiger partial charge on any atom is 0.0716 e. The Kier molecular flexibility index (Phi) is 5.37. The molecule has 1 fully saturated rings. The van der Waals surface area contributed by atoms with Crippen molar-refractivity contribution in [3.05, 3.63) is 35.4 Å². The summed E-state index contributed by atoms with van der Waals surface area (Å²) in [5.41, 5.74) is 8.60. The lowest BCUT2D eigenvalue weighted by atomic mass is 9.91. The molecule has 106 valence electrons. The summed E-state index contributed by atoms with van der Waals surface area (Å²) in [7, 11) is 1.75. The molecule has 0 spiro atoms. The molecule has 2 atom stereocenters. The number of nitrogens with two attached hydrogens (primary N) is 1. The molecule has 2 rings (SSSR count). The Morgan fingerprint density at radius 1 is 1.32 bits per heavy atom. The van der Waals surface area contributed by atoms with Crippen LogP contribution in [-0.4, -0.2) is 31.1 Å². The molecule has 1 aromatic carbocycles. The Morgan fingerprint density at radius 3 is 2.74 bits per heavy atom. The SMILES string of the molecule is COCc1ccccc1CN1CCC(C)CC1CN. The van der Waals surface area contributed by atoms with E-state index in [9.17, 15) is 0 Å². The number of methoxy groups -OCH3 is 1. The molecule has 0 bridgehead atoms. The highest BCUT2D eigenvalue weighted by Crippen LogP contribution is 2.24. The standard InChI is InChI=1S/C16H26N2O/c1-13-7-8-18(16(9-13)10-17)11-14-5-3-4-6-15(14)12-19-2/h3-6,13,16H,7-12,17H2,1-2H3. The Bertz CT molecular complexity index is 394. The van der Waals surface area contributed by atoms with Crippen LogP contribution in [0, 0.1) is 5.92 Å². The molecule has 0 radical (unpaired) electrons. The van der Waals surface area contributed by atoms with Crippen molar-refractivity contribution < 1.29 is 4.74 Å². The first-order valence-corrected chi connectivity index (χ1v) is 7.24. The topological polar surface area (TPSA) is 38.5 Å². The van der Waals surface area contributed by atoms with Gasteiger partial charge in [-0.25, -0.2) is 0 Å². The molecule has 2 unspecified atom stereocenters. The summed E-state index contributed by atoms with van der Waals surface area (Å²) in [6, 6.07) is 9.08. The quantitative estimate of drug-likeness (QED) is 0.885. The minimum atomic E-state index is 0.527. The van der Waals surface area contributed by atoms with Crippen LogP contribution in [0.5, 0.6) is 0 Å². The molecular weight excluding hydrogens is 236 g/mol. The van der Waals surface area contributed by atoms with Crippen LogP contribution in [0.4, 0.5) is 0 Å². The normalized spacial score (nSPS) is 24.6. The summed E-state index contributed by atoms with van der Waals surface area (Å²) >= 11 is 0. The first-order chi connectivity index (χ1) is 9.24. The second kappa shape index (κ2) is 7.04. The zero-order chi connectivity index (χ0) is 13.7. The van der Waals surface area contributed by atoms with E-state index in [1.165, 1.54) is 24.0 Å². The van der Waals surface area contributed by atoms with Crippen molar-refractivity contribution in [1.29, 1.82) is 0 Å². The summed E-state index contributed by atoms with van der Waals surface area (Å²) in [5, 5.41) is 0. The van der Waals surface area contributed by atoms with Crippen LogP contribution in [0.25, 0.3) is 0 Å². The van der Waals surface area contributed by atoms with E-state index in [1.807, 2.05) is 0 Å². The lowest BCUT2D eigenvalue weighted by molar-refractivity contribution is 0.113. The van der Waals surface area contributed by atoms with Gasteiger partial charge in [0.05, 0.1) is 6.61 Å². The van der Waals surface area contributed by atoms with Crippen LogP contribution in [0.1, 0.15) is 30.9 Å². The average Bonchev–Trinajstić information content (AvgIpc) is 2.43. The Labute approximate surface area is 116 Å². The minimum absolute atomic E-state index is 0.527. The highest BCUT2D eigenvalue weighted by molar-refractivity contribution is 5.26. The van der Waals surface area contributed by atoms with Crippen molar-refractivity contribution in [1.82, 2.24) is 4.90 Å². The van der Waals surface area contributed by atoms with Crippen LogP contribution < -0.4 is 5.73 Å². The molecule has 2 N–H and O–H groups in total. The lowest BCUT2D eigenvalue weighted by Gasteiger charge is -2.38. The van der Waals surface area contributed by atoms with E-state index >= 15 is 0 Å². The Balaban J connectivity index is 2.07. The largest absolute Gasteiger partial charge is 0.380 e. The number of ether oxygens (including phenoxy) is 1. The fraction of sp³-hybridized carbons (Fsp3) is 0.625. The molecule has 1 heterocycles. The van der Waals surface area contributed by atoms with Crippen molar-refractivity contribution >= 4 is 0 Å². The first kappa shape index (κ1) is 14.5. The second-order valence-corrected chi connectivity index (χ2v) is 5.69. The number of hydrogen-bond acceptors (Lipinski definition) is 3. The molecular formula is C16H26N2O. The van der Waals surface area contributed by atoms with Crippen LogP contribution in [-0.2, 0) is 17.9 Å².